The minimum absolute atomic E-state index is 0.328. The van der Waals surface area contributed by atoms with Crippen LogP contribution >= 0.6 is 11.8 Å². The van der Waals surface area contributed by atoms with Gasteiger partial charge in [-0.15, -0.1) is 11.8 Å². The van der Waals surface area contributed by atoms with Crippen LogP contribution in [0.25, 0.3) is 11.1 Å². The van der Waals surface area contributed by atoms with Crippen molar-refractivity contribution in [3.63, 3.8) is 0 Å². The molecule has 8 heteroatoms. The molecule has 7 nitrogen and oxygen atoms in total. The molecule has 1 saturated heterocycles. The largest absolute Gasteiger partial charge is 0.444 e. The maximum atomic E-state index is 13.1. The molecule has 0 aliphatic carbocycles. The van der Waals surface area contributed by atoms with Gasteiger partial charge in [-0.05, 0) is 75.1 Å². The highest BCUT2D eigenvalue weighted by molar-refractivity contribution is 7.98. The molecule has 2 aromatic rings. The van der Waals surface area contributed by atoms with Crippen molar-refractivity contribution >= 4 is 23.8 Å². The second-order valence-electron chi connectivity index (χ2n) is 9.80. The van der Waals surface area contributed by atoms with Crippen LogP contribution in [0.1, 0.15) is 51.2 Å². The third kappa shape index (κ3) is 7.02. The van der Waals surface area contributed by atoms with E-state index in [1.165, 1.54) is 16.7 Å². The Morgan fingerprint density at radius 2 is 1.83 bits per heavy atom. The Morgan fingerprint density at radius 1 is 1.14 bits per heavy atom. The summed E-state index contributed by atoms with van der Waals surface area (Å²) < 4.78 is 5.48. The number of likely N-dealkylation sites (tertiary alicyclic amines) is 1. The molecule has 1 N–H and O–H groups in total. The van der Waals surface area contributed by atoms with Gasteiger partial charge in [-0.2, -0.15) is 10.5 Å². The van der Waals surface area contributed by atoms with Gasteiger partial charge in [0.1, 0.15) is 23.8 Å². The quantitative estimate of drug-likeness (QED) is 0.536. The van der Waals surface area contributed by atoms with Crippen molar-refractivity contribution in [1.82, 2.24) is 10.2 Å². The van der Waals surface area contributed by atoms with Gasteiger partial charge < -0.3 is 10.1 Å². The van der Waals surface area contributed by atoms with Crippen molar-refractivity contribution in [2.45, 2.75) is 69.0 Å². The van der Waals surface area contributed by atoms with Gasteiger partial charge in [0.2, 0.25) is 5.91 Å². The number of nitriles is 2. The van der Waals surface area contributed by atoms with Gasteiger partial charge in [0.25, 0.3) is 0 Å². The van der Waals surface area contributed by atoms with E-state index in [1.807, 2.05) is 48.7 Å². The molecule has 0 saturated carbocycles. The Bertz CT molecular complexity index is 1180. The summed E-state index contributed by atoms with van der Waals surface area (Å²) >= 11 is 1.53. The Balaban J connectivity index is 1.66. The number of hydrogen-bond donors (Lipinski definition) is 1. The Morgan fingerprint density at radius 3 is 2.44 bits per heavy atom. The summed E-state index contributed by atoms with van der Waals surface area (Å²) in [6.45, 7) is 5.84. The van der Waals surface area contributed by atoms with E-state index < -0.39 is 23.8 Å². The number of carbonyl (C=O) groups excluding carboxylic acids is 2. The second kappa shape index (κ2) is 12.0. The molecule has 1 fully saturated rings. The van der Waals surface area contributed by atoms with Crippen LogP contribution in [0.3, 0.4) is 0 Å². The number of hydrogen-bond acceptors (Lipinski definition) is 6. The maximum Gasteiger partial charge on any atom is 0.410 e. The van der Waals surface area contributed by atoms with Crippen molar-refractivity contribution in [1.29, 1.82) is 10.5 Å². The van der Waals surface area contributed by atoms with Gasteiger partial charge in [0.05, 0.1) is 11.6 Å². The lowest BCUT2D eigenvalue weighted by Crippen LogP contribution is -2.54. The van der Waals surface area contributed by atoms with Gasteiger partial charge >= 0.3 is 6.09 Å². The highest BCUT2D eigenvalue weighted by Crippen LogP contribution is 2.28. The molecule has 0 radical (unpaired) electrons. The van der Waals surface area contributed by atoms with Gasteiger partial charge in [0.15, 0.2) is 0 Å². The van der Waals surface area contributed by atoms with Gasteiger partial charge in [-0.3, -0.25) is 9.69 Å². The summed E-state index contributed by atoms with van der Waals surface area (Å²) in [5.41, 5.74) is 2.93. The van der Waals surface area contributed by atoms with E-state index in [9.17, 15) is 20.1 Å². The minimum atomic E-state index is -0.719. The molecule has 2 aromatic carbocycles. The number of piperidine rings is 1. The fraction of sp³-hybridized carbons (Fsp3) is 0.429. The molecule has 1 aliphatic heterocycles. The third-order valence-electron chi connectivity index (χ3n) is 5.95. The number of amides is 2. The summed E-state index contributed by atoms with van der Waals surface area (Å²) in [7, 11) is 0. The number of nitrogens with zero attached hydrogens (tertiary/aromatic N) is 3. The van der Waals surface area contributed by atoms with Crippen LogP contribution < -0.4 is 5.32 Å². The first-order valence-electron chi connectivity index (χ1n) is 12.0. The molecular weight excluding hydrogens is 472 g/mol. The molecule has 0 bridgehead atoms. The number of ether oxygens (including phenoxy) is 1. The standard InChI is InChI=1S/C28H32N4O3S/c1-28(2,3)35-27(34)32-14-6-5-7-24(32)26(33)31-23(18-30)15-19-8-10-20(11-9-19)21-12-13-22(17-29)25(16-21)36-4/h8-13,16,23-24H,5-7,14-15H2,1-4H3,(H,31,33). The summed E-state index contributed by atoms with van der Waals surface area (Å²) in [6.07, 6.45) is 3.99. The topological polar surface area (TPSA) is 106 Å². The fourth-order valence-electron chi connectivity index (χ4n) is 4.17. The lowest BCUT2D eigenvalue weighted by Gasteiger charge is -2.36. The lowest BCUT2D eigenvalue weighted by molar-refractivity contribution is -0.128. The average Bonchev–Trinajstić information content (AvgIpc) is 2.87. The first-order valence-corrected chi connectivity index (χ1v) is 13.2. The number of benzene rings is 2. The highest BCUT2D eigenvalue weighted by Gasteiger charge is 2.35. The fourth-order valence-corrected chi connectivity index (χ4v) is 4.75. The van der Waals surface area contributed by atoms with Crippen molar-refractivity contribution < 1.29 is 14.3 Å². The third-order valence-corrected chi connectivity index (χ3v) is 6.73. The molecule has 2 amide bonds. The van der Waals surface area contributed by atoms with Crippen molar-refractivity contribution in [3.8, 4) is 23.3 Å². The van der Waals surface area contributed by atoms with Crippen LogP contribution in [-0.2, 0) is 16.0 Å². The Hall–Kier alpha value is -3.49. The summed E-state index contributed by atoms with van der Waals surface area (Å²) in [4.78, 5) is 28.1. The van der Waals surface area contributed by atoms with E-state index in [0.29, 0.717) is 24.9 Å². The predicted octanol–water partition coefficient (Wildman–Crippen LogP) is 5.29. The van der Waals surface area contributed by atoms with Crippen LogP contribution in [0.15, 0.2) is 47.4 Å². The molecule has 1 heterocycles. The van der Waals surface area contributed by atoms with Crippen LogP contribution in [0.2, 0.25) is 0 Å². The van der Waals surface area contributed by atoms with E-state index in [0.717, 1.165) is 34.4 Å². The molecule has 1 aliphatic rings. The molecule has 188 valence electrons. The first-order chi connectivity index (χ1) is 17.1. The van der Waals surface area contributed by atoms with Crippen LogP contribution in [0, 0.1) is 22.7 Å². The summed E-state index contributed by atoms with van der Waals surface area (Å²) in [5, 5.41) is 21.8. The van der Waals surface area contributed by atoms with Gasteiger partial charge in [-0.25, -0.2) is 4.79 Å². The van der Waals surface area contributed by atoms with E-state index in [2.05, 4.69) is 17.5 Å². The van der Waals surface area contributed by atoms with E-state index in [4.69, 9.17) is 4.74 Å². The number of rotatable bonds is 6. The maximum absolute atomic E-state index is 13.1. The smallest absolute Gasteiger partial charge is 0.410 e. The van der Waals surface area contributed by atoms with Crippen LogP contribution in [0.4, 0.5) is 4.79 Å². The normalized spacial score (nSPS) is 16.4. The predicted molar refractivity (Wildman–Crippen MR) is 140 cm³/mol. The SMILES string of the molecule is CSc1cc(-c2ccc(CC(C#N)NC(=O)C3CCCCN3C(=O)OC(C)(C)C)cc2)ccc1C#N. The molecule has 36 heavy (non-hydrogen) atoms. The van der Waals surface area contributed by atoms with Gasteiger partial charge in [0, 0.05) is 17.9 Å². The zero-order valence-electron chi connectivity index (χ0n) is 21.2. The van der Waals surface area contributed by atoms with E-state index in [-0.39, 0.29) is 5.91 Å². The van der Waals surface area contributed by atoms with E-state index in [1.54, 1.807) is 20.8 Å². The molecule has 2 atom stereocenters. The lowest BCUT2D eigenvalue weighted by atomic mass is 9.99. The second-order valence-corrected chi connectivity index (χ2v) is 10.7. The first kappa shape index (κ1) is 27.1. The van der Waals surface area contributed by atoms with Gasteiger partial charge in [-0.1, -0.05) is 30.3 Å². The van der Waals surface area contributed by atoms with E-state index >= 15 is 0 Å². The minimum Gasteiger partial charge on any atom is -0.444 e. The number of carbonyl (C=O) groups is 2. The number of thioether (sulfide) groups is 1. The summed E-state index contributed by atoms with van der Waals surface area (Å²) in [5.74, 6) is -0.328. The number of nitrogens with one attached hydrogen (secondary N) is 1. The molecular formula is C28H32N4O3S. The Labute approximate surface area is 217 Å². The van der Waals surface area contributed by atoms with Crippen molar-refractivity contribution in [3.05, 3.63) is 53.6 Å². The molecule has 0 spiro atoms. The molecule has 3 rings (SSSR count). The molecule has 2 unspecified atom stereocenters. The highest BCUT2D eigenvalue weighted by atomic mass is 32.2. The average molecular weight is 505 g/mol. The van der Waals surface area contributed by atoms with Crippen molar-refractivity contribution in [2.75, 3.05) is 12.8 Å². The zero-order chi connectivity index (χ0) is 26.3. The Kier molecular flexibility index (Phi) is 9.01. The zero-order valence-corrected chi connectivity index (χ0v) is 22.0. The molecule has 0 aromatic heterocycles. The summed E-state index contributed by atoms with van der Waals surface area (Å²) in [6, 6.07) is 16.6. The van der Waals surface area contributed by atoms with Crippen LogP contribution in [0.5, 0.6) is 0 Å². The monoisotopic (exact) mass is 504 g/mol. The van der Waals surface area contributed by atoms with Crippen LogP contribution in [-0.4, -0.2) is 47.4 Å². The van der Waals surface area contributed by atoms with Crippen molar-refractivity contribution in [2.24, 2.45) is 0 Å².